The van der Waals surface area contributed by atoms with E-state index in [1.54, 1.807) is 24.3 Å². The number of nitrogen functional groups attached to an aromatic ring is 2. The maximum atomic E-state index is 12.4. The first kappa shape index (κ1) is 22.5. The van der Waals surface area contributed by atoms with Crippen molar-refractivity contribution in [1.82, 2.24) is 9.97 Å². The molecule has 0 unspecified atom stereocenters. The number of nitrogens with zero attached hydrogens (tertiary/aromatic N) is 2. The number of rotatable bonds is 8. The fraction of sp³-hybridized carbons (Fsp3) is 0.273. The molecular weight excluding hydrogens is 448 g/mol. The first-order valence-electron chi connectivity index (χ1n) is 10.3. The van der Waals surface area contributed by atoms with Crippen molar-refractivity contribution in [2.24, 2.45) is 0 Å². The van der Waals surface area contributed by atoms with E-state index in [0.29, 0.717) is 52.5 Å². The fourth-order valence-corrected chi connectivity index (χ4v) is 3.93. The van der Waals surface area contributed by atoms with Crippen LogP contribution in [0.2, 0.25) is 0 Å². The van der Waals surface area contributed by atoms with Crippen LogP contribution in [0.25, 0.3) is 11.1 Å². The van der Waals surface area contributed by atoms with Gasteiger partial charge in [0.05, 0.1) is 17.9 Å². The van der Waals surface area contributed by atoms with Crippen molar-refractivity contribution in [3.05, 3.63) is 47.7 Å². The van der Waals surface area contributed by atoms with Gasteiger partial charge in [0.15, 0.2) is 17.2 Å². The molecule has 33 heavy (non-hydrogen) atoms. The number of benzene rings is 2. The maximum absolute atomic E-state index is 12.4. The van der Waals surface area contributed by atoms with Gasteiger partial charge in [-0.25, -0.2) is 4.98 Å². The smallest absolute Gasteiger partial charge is 0.308 e. The molecule has 10 nitrogen and oxygen atoms in total. The molecule has 0 bridgehead atoms. The Hall–Kier alpha value is -3.73. The van der Waals surface area contributed by atoms with Crippen LogP contribution in [-0.4, -0.2) is 37.5 Å². The highest BCUT2D eigenvalue weighted by Crippen LogP contribution is 2.44. The van der Waals surface area contributed by atoms with E-state index in [0.717, 1.165) is 0 Å². The topological polar surface area (TPSA) is 149 Å². The molecule has 1 aliphatic heterocycles. The quantitative estimate of drug-likeness (QED) is 0.469. The zero-order valence-electron chi connectivity index (χ0n) is 18.2. The minimum atomic E-state index is -3.83. The van der Waals surface area contributed by atoms with Crippen molar-refractivity contribution in [2.45, 2.75) is 20.3 Å². The minimum absolute atomic E-state index is 0.0717. The first-order chi connectivity index (χ1) is 15.8. The second kappa shape index (κ2) is 9.02. The minimum Gasteiger partial charge on any atom is -0.493 e. The summed E-state index contributed by atoms with van der Waals surface area (Å²) in [5, 5.41) is 0. The number of hydrogen-bond donors (Lipinski definition) is 2. The number of nitrogens with two attached hydrogens (primary N) is 2. The molecule has 1 aromatic heterocycles. The molecule has 2 aromatic carbocycles. The van der Waals surface area contributed by atoms with E-state index in [4.69, 9.17) is 29.9 Å². The van der Waals surface area contributed by atoms with Crippen molar-refractivity contribution in [3.63, 3.8) is 0 Å². The molecule has 0 radical (unpaired) electrons. The Labute approximate surface area is 191 Å². The number of ether oxygens (including phenoxy) is 3. The lowest BCUT2D eigenvalue weighted by Gasteiger charge is -2.18. The molecule has 0 fully saturated rings. The van der Waals surface area contributed by atoms with E-state index in [1.165, 1.54) is 13.1 Å². The van der Waals surface area contributed by atoms with Crippen LogP contribution >= 0.6 is 0 Å². The third kappa shape index (κ3) is 4.87. The van der Waals surface area contributed by atoms with Gasteiger partial charge in [-0.1, -0.05) is 6.07 Å². The van der Waals surface area contributed by atoms with E-state index >= 15 is 0 Å². The van der Waals surface area contributed by atoms with Crippen molar-refractivity contribution in [1.29, 1.82) is 0 Å². The highest BCUT2D eigenvalue weighted by atomic mass is 32.2. The molecule has 0 atom stereocenters. The predicted octanol–water partition coefficient (Wildman–Crippen LogP) is 2.75. The van der Waals surface area contributed by atoms with Crippen molar-refractivity contribution >= 4 is 21.9 Å². The summed E-state index contributed by atoms with van der Waals surface area (Å²) in [4.78, 5) is 7.97. The maximum Gasteiger partial charge on any atom is 0.308 e. The lowest BCUT2D eigenvalue weighted by atomic mass is 9.98. The standard InChI is InChI=1S/C22H24N4O6S/c1-3-29-18-8-13(7-15-11-25-22(24)26-21(15)23)9-19(32-33(27,28)4-2)20(18)14-5-6-16-17(10-14)31-12-30-16/h5-6,8-11H,3-4,7,12H2,1-2H3,(H4,23,24,25,26). The predicted molar refractivity (Wildman–Crippen MR) is 123 cm³/mol. The number of anilines is 2. The molecule has 4 N–H and O–H groups in total. The van der Waals surface area contributed by atoms with Gasteiger partial charge in [0.2, 0.25) is 12.7 Å². The molecule has 0 spiro atoms. The number of aromatic nitrogens is 2. The van der Waals surface area contributed by atoms with Gasteiger partial charge in [0.25, 0.3) is 0 Å². The average molecular weight is 473 g/mol. The molecule has 0 amide bonds. The molecule has 3 aromatic rings. The van der Waals surface area contributed by atoms with Crippen LogP contribution in [-0.2, 0) is 16.5 Å². The Morgan fingerprint density at radius 2 is 1.82 bits per heavy atom. The zero-order chi connectivity index (χ0) is 23.6. The van der Waals surface area contributed by atoms with Gasteiger partial charge in [-0.2, -0.15) is 13.4 Å². The van der Waals surface area contributed by atoms with Crippen LogP contribution in [0, 0.1) is 0 Å². The average Bonchev–Trinajstić information content (AvgIpc) is 3.23. The van der Waals surface area contributed by atoms with E-state index in [1.807, 2.05) is 13.0 Å². The molecule has 4 rings (SSSR count). The van der Waals surface area contributed by atoms with Crippen molar-refractivity contribution < 1.29 is 26.8 Å². The Kier molecular flexibility index (Phi) is 6.14. The lowest BCUT2D eigenvalue weighted by Crippen LogP contribution is -2.13. The molecule has 2 heterocycles. The molecule has 1 aliphatic rings. The summed E-state index contributed by atoms with van der Waals surface area (Å²) >= 11 is 0. The Morgan fingerprint density at radius 3 is 2.55 bits per heavy atom. The van der Waals surface area contributed by atoms with Crippen molar-refractivity contribution in [3.8, 4) is 34.1 Å². The summed E-state index contributed by atoms with van der Waals surface area (Å²) in [6.45, 7) is 3.82. The van der Waals surface area contributed by atoms with E-state index in [-0.39, 0.29) is 30.1 Å². The van der Waals surface area contributed by atoms with Gasteiger partial charge in [0, 0.05) is 18.2 Å². The lowest BCUT2D eigenvalue weighted by molar-refractivity contribution is 0.174. The van der Waals surface area contributed by atoms with Crippen LogP contribution in [0.15, 0.2) is 36.5 Å². The molecule has 0 saturated heterocycles. The second-order valence-electron chi connectivity index (χ2n) is 7.21. The Morgan fingerprint density at radius 1 is 1.06 bits per heavy atom. The SMILES string of the molecule is CCOc1cc(Cc2cnc(N)nc2N)cc(OS(=O)(=O)CC)c1-c1ccc2c(c1)OCO2. The summed E-state index contributed by atoms with van der Waals surface area (Å²) in [7, 11) is -3.83. The largest absolute Gasteiger partial charge is 0.493 e. The summed E-state index contributed by atoms with van der Waals surface area (Å²) in [5.74, 6) is 1.86. The van der Waals surface area contributed by atoms with Crippen LogP contribution in [0.3, 0.4) is 0 Å². The normalized spacial score (nSPS) is 12.5. The molecule has 0 saturated carbocycles. The number of fused-ring (bicyclic) bond motifs is 1. The molecule has 11 heteroatoms. The summed E-state index contributed by atoms with van der Waals surface area (Å²) in [5.41, 5.74) is 14.0. The Bertz CT molecular complexity index is 1300. The monoisotopic (exact) mass is 472 g/mol. The molecule has 0 aliphatic carbocycles. The van der Waals surface area contributed by atoms with Gasteiger partial charge >= 0.3 is 10.1 Å². The van der Waals surface area contributed by atoms with E-state index in [9.17, 15) is 8.42 Å². The van der Waals surface area contributed by atoms with E-state index in [2.05, 4.69) is 9.97 Å². The van der Waals surface area contributed by atoms with Gasteiger partial charge in [0.1, 0.15) is 11.6 Å². The molecule has 174 valence electrons. The van der Waals surface area contributed by atoms with Crippen LogP contribution in [0.1, 0.15) is 25.0 Å². The third-order valence-electron chi connectivity index (χ3n) is 4.97. The van der Waals surface area contributed by atoms with Gasteiger partial charge in [-0.15, -0.1) is 0 Å². The van der Waals surface area contributed by atoms with Gasteiger partial charge in [-0.3, -0.25) is 0 Å². The first-order valence-corrected chi connectivity index (χ1v) is 11.9. The highest BCUT2D eigenvalue weighted by Gasteiger charge is 2.23. The van der Waals surface area contributed by atoms with E-state index < -0.39 is 10.1 Å². The highest BCUT2D eigenvalue weighted by molar-refractivity contribution is 7.87. The summed E-state index contributed by atoms with van der Waals surface area (Å²) < 4.78 is 47.1. The fourth-order valence-electron chi connectivity index (χ4n) is 3.40. The third-order valence-corrected chi connectivity index (χ3v) is 6.11. The van der Waals surface area contributed by atoms with Crippen LogP contribution < -0.4 is 29.9 Å². The van der Waals surface area contributed by atoms with Crippen molar-refractivity contribution in [2.75, 3.05) is 30.6 Å². The van der Waals surface area contributed by atoms with Crippen LogP contribution in [0.5, 0.6) is 23.0 Å². The second-order valence-corrected chi connectivity index (χ2v) is 9.07. The zero-order valence-corrected chi connectivity index (χ0v) is 19.0. The van der Waals surface area contributed by atoms with Gasteiger partial charge < -0.3 is 29.9 Å². The number of hydrogen-bond acceptors (Lipinski definition) is 10. The summed E-state index contributed by atoms with van der Waals surface area (Å²) in [6, 6.07) is 8.77. The van der Waals surface area contributed by atoms with Crippen LogP contribution in [0.4, 0.5) is 11.8 Å². The Balaban J connectivity index is 1.86. The molecular formula is C22H24N4O6S. The summed E-state index contributed by atoms with van der Waals surface area (Å²) in [6.07, 6.45) is 1.85. The van der Waals surface area contributed by atoms with Gasteiger partial charge in [-0.05, 0) is 49.2 Å².